The first-order valence-electron chi connectivity index (χ1n) is 12.0. The molecule has 0 aliphatic carbocycles. The highest BCUT2D eigenvalue weighted by Gasteiger charge is 2.19. The second-order valence-corrected chi connectivity index (χ2v) is 8.88. The quantitative estimate of drug-likeness (QED) is 0.321. The maximum atomic E-state index is 13.2. The molecule has 0 radical (unpaired) electrons. The molecule has 0 fully saturated rings. The summed E-state index contributed by atoms with van der Waals surface area (Å²) in [6.45, 7) is 4.03. The summed E-state index contributed by atoms with van der Waals surface area (Å²) in [6.07, 6.45) is 0. The van der Waals surface area contributed by atoms with E-state index in [2.05, 4.69) is 17.6 Å². The lowest BCUT2D eigenvalue weighted by atomic mass is 9.97. The SMILES string of the molecule is CNC(C)c1ccccc1N(C)C(=O)c1ccc(NC(=O)c2cc(C)ccc2-c2ccccc2)cc1. The van der Waals surface area contributed by atoms with Crippen LogP contribution in [0, 0.1) is 6.92 Å². The van der Waals surface area contributed by atoms with Gasteiger partial charge in [0.05, 0.1) is 0 Å². The Kier molecular flexibility index (Phi) is 7.62. The van der Waals surface area contributed by atoms with Crippen LogP contribution in [0.1, 0.15) is 44.8 Å². The monoisotopic (exact) mass is 477 g/mol. The van der Waals surface area contributed by atoms with Gasteiger partial charge in [0, 0.05) is 35.6 Å². The number of benzene rings is 4. The minimum absolute atomic E-state index is 0.108. The van der Waals surface area contributed by atoms with Gasteiger partial charge in [-0.1, -0.05) is 66.2 Å². The smallest absolute Gasteiger partial charge is 0.258 e. The molecule has 4 aromatic carbocycles. The van der Waals surface area contributed by atoms with Crippen LogP contribution in [-0.4, -0.2) is 25.9 Å². The van der Waals surface area contributed by atoms with Crippen molar-refractivity contribution in [2.75, 3.05) is 24.3 Å². The zero-order valence-corrected chi connectivity index (χ0v) is 21.1. The molecule has 2 amide bonds. The van der Waals surface area contributed by atoms with Gasteiger partial charge in [0.1, 0.15) is 0 Å². The second kappa shape index (κ2) is 11.0. The van der Waals surface area contributed by atoms with Gasteiger partial charge in [0.25, 0.3) is 11.8 Å². The van der Waals surface area contributed by atoms with Crippen LogP contribution in [0.3, 0.4) is 0 Å². The Morgan fingerprint density at radius 2 is 1.50 bits per heavy atom. The number of aryl methyl sites for hydroxylation is 1. The number of hydrogen-bond donors (Lipinski definition) is 2. The van der Waals surface area contributed by atoms with Crippen LogP contribution in [-0.2, 0) is 0 Å². The van der Waals surface area contributed by atoms with E-state index in [4.69, 9.17) is 0 Å². The maximum Gasteiger partial charge on any atom is 0.258 e. The fourth-order valence-corrected chi connectivity index (χ4v) is 4.23. The van der Waals surface area contributed by atoms with Crippen LogP contribution < -0.4 is 15.5 Å². The molecular weight excluding hydrogens is 446 g/mol. The van der Waals surface area contributed by atoms with Crippen molar-refractivity contribution in [1.29, 1.82) is 0 Å². The molecule has 0 aliphatic rings. The normalized spacial score (nSPS) is 11.6. The summed E-state index contributed by atoms with van der Waals surface area (Å²) in [5.74, 6) is -0.308. The number of rotatable bonds is 7. The minimum Gasteiger partial charge on any atom is -0.322 e. The van der Waals surface area contributed by atoms with E-state index in [0.29, 0.717) is 16.8 Å². The Morgan fingerprint density at radius 3 is 2.19 bits per heavy atom. The number of hydrogen-bond acceptors (Lipinski definition) is 3. The standard InChI is InChI=1S/C31H31N3O2/c1-21-14-19-27(23-10-6-5-7-11-23)28(20-21)30(35)33-25-17-15-24(16-18-25)31(36)34(4)29-13-9-8-12-26(29)22(2)32-3/h5-20,22,32H,1-4H3,(H,33,35). The van der Waals surface area contributed by atoms with E-state index < -0.39 is 0 Å². The van der Waals surface area contributed by atoms with Crippen molar-refractivity contribution in [3.8, 4) is 11.1 Å². The number of nitrogens with one attached hydrogen (secondary N) is 2. The first-order chi connectivity index (χ1) is 17.4. The van der Waals surface area contributed by atoms with Gasteiger partial charge in [-0.3, -0.25) is 9.59 Å². The summed E-state index contributed by atoms with van der Waals surface area (Å²) in [7, 11) is 3.68. The van der Waals surface area contributed by atoms with Gasteiger partial charge in [-0.15, -0.1) is 0 Å². The van der Waals surface area contributed by atoms with Crippen molar-refractivity contribution in [1.82, 2.24) is 5.32 Å². The fraction of sp³-hybridized carbons (Fsp3) is 0.161. The van der Waals surface area contributed by atoms with E-state index in [0.717, 1.165) is 27.9 Å². The van der Waals surface area contributed by atoms with Crippen LogP contribution in [0.4, 0.5) is 11.4 Å². The van der Waals surface area contributed by atoms with Gasteiger partial charge in [0.2, 0.25) is 0 Å². The average Bonchev–Trinajstić information content (AvgIpc) is 2.92. The highest BCUT2D eigenvalue weighted by atomic mass is 16.2. The van der Waals surface area contributed by atoms with E-state index in [1.165, 1.54) is 0 Å². The van der Waals surface area contributed by atoms with Crippen molar-refractivity contribution in [3.63, 3.8) is 0 Å². The van der Waals surface area contributed by atoms with Gasteiger partial charge >= 0.3 is 0 Å². The third-order valence-electron chi connectivity index (χ3n) is 6.40. The van der Waals surface area contributed by atoms with Crippen molar-refractivity contribution < 1.29 is 9.59 Å². The number of nitrogens with zero attached hydrogens (tertiary/aromatic N) is 1. The summed E-state index contributed by atoms with van der Waals surface area (Å²) in [6, 6.07) is 30.7. The van der Waals surface area contributed by atoms with E-state index in [9.17, 15) is 9.59 Å². The van der Waals surface area contributed by atoms with Gasteiger partial charge in [-0.2, -0.15) is 0 Å². The first kappa shape index (κ1) is 24.9. The highest BCUT2D eigenvalue weighted by Crippen LogP contribution is 2.28. The van der Waals surface area contributed by atoms with Crippen LogP contribution in [0.25, 0.3) is 11.1 Å². The van der Waals surface area contributed by atoms with E-state index in [1.54, 1.807) is 36.2 Å². The average molecular weight is 478 g/mol. The van der Waals surface area contributed by atoms with Gasteiger partial charge in [0.15, 0.2) is 0 Å². The van der Waals surface area contributed by atoms with E-state index >= 15 is 0 Å². The van der Waals surface area contributed by atoms with Crippen molar-refractivity contribution in [2.24, 2.45) is 0 Å². The molecular formula is C31H31N3O2. The van der Waals surface area contributed by atoms with Crippen molar-refractivity contribution in [2.45, 2.75) is 19.9 Å². The molecule has 0 saturated carbocycles. The molecule has 5 nitrogen and oxygen atoms in total. The van der Waals surface area contributed by atoms with Gasteiger partial charge < -0.3 is 15.5 Å². The molecule has 0 aliphatic heterocycles. The lowest BCUT2D eigenvalue weighted by Crippen LogP contribution is -2.28. The number of anilines is 2. The van der Waals surface area contributed by atoms with Gasteiger partial charge in [-0.05, 0) is 74.0 Å². The third-order valence-corrected chi connectivity index (χ3v) is 6.40. The molecule has 36 heavy (non-hydrogen) atoms. The molecule has 0 heterocycles. The molecule has 0 bridgehead atoms. The lowest BCUT2D eigenvalue weighted by molar-refractivity contribution is 0.0991. The number of para-hydroxylation sites is 1. The summed E-state index contributed by atoms with van der Waals surface area (Å²) >= 11 is 0. The predicted molar refractivity (Wildman–Crippen MR) is 148 cm³/mol. The first-order valence-corrected chi connectivity index (χ1v) is 12.0. The van der Waals surface area contributed by atoms with Crippen molar-refractivity contribution in [3.05, 3.63) is 119 Å². The van der Waals surface area contributed by atoms with E-state index in [1.807, 2.05) is 86.8 Å². The molecule has 182 valence electrons. The molecule has 4 aromatic rings. The summed E-state index contributed by atoms with van der Waals surface area (Å²) in [4.78, 5) is 28.1. The Bertz CT molecular complexity index is 1360. The number of carbonyl (C=O) groups excluding carboxylic acids is 2. The third kappa shape index (κ3) is 5.37. The topological polar surface area (TPSA) is 61.4 Å². The second-order valence-electron chi connectivity index (χ2n) is 8.88. The molecule has 2 N–H and O–H groups in total. The molecule has 1 atom stereocenters. The fourth-order valence-electron chi connectivity index (χ4n) is 4.23. The summed E-state index contributed by atoms with van der Waals surface area (Å²) < 4.78 is 0. The number of carbonyl (C=O) groups is 2. The summed E-state index contributed by atoms with van der Waals surface area (Å²) in [5, 5.41) is 6.22. The van der Waals surface area contributed by atoms with Crippen molar-refractivity contribution >= 4 is 23.2 Å². The maximum absolute atomic E-state index is 13.2. The Labute approximate surface area is 212 Å². The minimum atomic E-state index is -0.191. The predicted octanol–water partition coefficient (Wildman–Crippen LogP) is 6.47. The zero-order chi connectivity index (χ0) is 25.7. The zero-order valence-electron chi connectivity index (χ0n) is 21.1. The summed E-state index contributed by atoms with van der Waals surface area (Å²) in [5.41, 5.74) is 6.56. The molecule has 5 heteroatoms. The molecule has 4 rings (SSSR count). The van der Waals surface area contributed by atoms with Crippen LogP contribution >= 0.6 is 0 Å². The largest absolute Gasteiger partial charge is 0.322 e. The van der Waals surface area contributed by atoms with Crippen LogP contribution in [0.15, 0.2) is 97.1 Å². The molecule has 1 unspecified atom stereocenters. The molecule has 0 spiro atoms. The lowest BCUT2D eigenvalue weighted by Gasteiger charge is -2.23. The Hall–Kier alpha value is -4.22. The highest BCUT2D eigenvalue weighted by molar-refractivity contribution is 6.09. The van der Waals surface area contributed by atoms with Gasteiger partial charge in [-0.25, -0.2) is 0 Å². The Balaban J connectivity index is 1.53. The Morgan fingerprint density at radius 1 is 0.833 bits per heavy atom. The number of amides is 2. The van der Waals surface area contributed by atoms with Crippen LogP contribution in [0.5, 0.6) is 0 Å². The van der Waals surface area contributed by atoms with E-state index in [-0.39, 0.29) is 17.9 Å². The molecule has 0 aromatic heterocycles. The molecule has 0 saturated heterocycles. The van der Waals surface area contributed by atoms with Crippen LogP contribution in [0.2, 0.25) is 0 Å².